The number of ether oxygens (including phenoxy) is 3. The first-order valence-corrected chi connectivity index (χ1v) is 54.5. The van der Waals surface area contributed by atoms with Crippen molar-refractivity contribution in [1.82, 2.24) is 74.8 Å². The lowest BCUT2D eigenvalue weighted by Gasteiger charge is -2.42. The second kappa shape index (κ2) is 46.3. The summed E-state index contributed by atoms with van der Waals surface area (Å²) in [6.07, 6.45) is 32.9. The van der Waals surface area contributed by atoms with Gasteiger partial charge in [0.05, 0.1) is 70.2 Å². The van der Waals surface area contributed by atoms with Crippen LogP contribution in [0.25, 0.3) is 0 Å². The number of alkyl halides is 1. The number of piperidine rings is 5. The Morgan fingerprint density at radius 2 is 0.783 bits per heavy atom. The molecule has 7 saturated heterocycles. The van der Waals surface area contributed by atoms with Gasteiger partial charge < -0.3 is 84.6 Å². The summed E-state index contributed by atoms with van der Waals surface area (Å²) in [6.45, 7) is 24.6. The van der Waals surface area contributed by atoms with E-state index in [1.807, 2.05) is 13.8 Å². The molecule has 0 radical (unpaired) electrons. The van der Waals surface area contributed by atoms with Gasteiger partial charge in [-0.2, -0.15) is 8.78 Å². The summed E-state index contributed by atoms with van der Waals surface area (Å²) in [4.78, 5) is 90.3. The quantitative estimate of drug-likeness (QED) is 0.0310. The number of pyridine rings is 5. The van der Waals surface area contributed by atoms with E-state index in [2.05, 4.69) is 120 Å². The van der Waals surface area contributed by atoms with Gasteiger partial charge in [-0.15, -0.1) is 0 Å². The number of nitrogens with two attached hydrogens (primary N) is 8. The molecule has 17 heterocycles. The second-order valence-electron chi connectivity index (χ2n) is 39.3. The predicted molar refractivity (Wildman–Crippen MR) is 564 cm³/mol. The molecule has 16 N–H and O–H groups in total. The number of hydrogen-bond acceptors (Lipinski definition) is 37. The Bertz CT molecular complexity index is 5920. The summed E-state index contributed by atoms with van der Waals surface area (Å²) in [6, 6.07) is 8.13. The molecule has 1 unspecified atom stereocenters. The molecule has 7 atom stereocenters. The van der Waals surface area contributed by atoms with E-state index in [4.69, 9.17) is 141 Å². The summed E-state index contributed by atoms with van der Waals surface area (Å²) >= 11 is 48.9. The zero-order chi connectivity index (χ0) is 102. The van der Waals surface area contributed by atoms with Crippen LogP contribution in [-0.4, -0.2) is 196 Å². The van der Waals surface area contributed by atoms with E-state index in [-0.39, 0.29) is 62.1 Å². The van der Waals surface area contributed by atoms with Crippen molar-refractivity contribution < 1.29 is 32.2 Å². The standard InChI is InChI=1S/C22H28Cl2N6O2S.C19H25ClFN7S.C19H23ClFN5S.C18H21Cl2N5OS.C18H21ClFN5OS/c1-12(2)21(31)32-13-9-15(25)22(10-13)4-7-30(8-5-22)16-11-28-20(19(26)29-16)33-14-3-6-27-18(24)17(14)23;1-18(21)8-12(22)19(10-18)3-6-28(7-4-19)13-9-26-17(16(24)27-13)29-11-2-5-25-15(23)14(11)20;1-12-3-2-4-19(12)5-7-26(8-6-19)16-11-24-18(17(22)25-16)27-14-9-15(21)23-10-13(14)20;2*1-11-9-26-10-18(11)3-6-25(7-4-18)13-8-23-17(16(21)24-13)27-12-2-5-22-15(20)14(12)19/h3,6,11-13,15H,4-5,7-10,25H2,1-2H3,(H2,26,29);2,5,9,12H,3-4,6-8,10,22H2,1H3,(H2,23,25)(H2,24,27);9-12H,2-8H2,1H3,(H2,22,25);2*2,5,8,11H,3-4,6-7,9-10H2,1H3,(H2,21,24)/t13-,15-;12-,18?;12-;2*11-/m11111/s1. The van der Waals surface area contributed by atoms with E-state index < -0.39 is 17.6 Å². The minimum Gasteiger partial charge on any atom is -0.462 e. The monoisotopic (exact) mass is 2190 g/mol. The van der Waals surface area contributed by atoms with E-state index in [1.165, 1.54) is 109 Å². The zero-order valence-electron chi connectivity index (χ0n) is 80.1. The van der Waals surface area contributed by atoms with Gasteiger partial charge in [0.1, 0.15) is 87.1 Å². The number of halogens is 10. The van der Waals surface area contributed by atoms with Crippen molar-refractivity contribution in [3.63, 3.8) is 0 Å². The number of aromatic nitrogens is 15. The number of anilines is 11. The normalized spacial score (nSPS) is 22.7. The maximum Gasteiger partial charge on any atom is 0.308 e. The second-order valence-corrected chi connectivity index (χ2v) is 47.1. The van der Waals surface area contributed by atoms with Gasteiger partial charge in [-0.1, -0.05) is 187 Å². The van der Waals surface area contributed by atoms with Crippen molar-refractivity contribution in [2.24, 2.45) is 62.2 Å². The molecule has 47 heteroatoms. The minimum atomic E-state index is -1.16. The molecule has 766 valence electrons. The summed E-state index contributed by atoms with van der Waals surface area (Å²) in [5.41, 5.74) is 49.2. The fraction of sp³-hybridized carbons (Fsp3) is 0.521. The van der Waals surface area contributed by atoms with Crippen LogP contribution in [-0.2, 0) is 19.0 Å². The molecule has 0 amide bonds. The van der Waals surface area contributed by atoms with Gasteiger partial charge >= 0.3 is 5.97 Å². The number of carbonyl (C=O) groups is 1. The fourth-order valence-corrected chi connectivity index (χ4v) is 26.6. The SMILES string of the molecule is CC(C)C(=O)O[C@@H]1C[C@@H](N)C2(CCN(c3cnc(Sc4ccnc(Cl)c4Cl)c(N)n3)CC2)C1.CC1(F)C[C@@H](N)C2(CCN(c3cnc(Sc4ccnc(N)c4Cl)c(N)n3)CC2)C1.C[C@@H]1CCCC12CCN(c1cnc(Sc3cc(F)ncc3Cl)c(N)n1)CC2.C[C@@H]1COCC12CCN(c1cnc(Sc3ccnc(Cl)c3Cl)c(N)n1)CC2.C[C@@H]1COCC12CCN(c1cnc(Sc3ccnc(F)c3Cl)c(N)n1)CC2. The highest BCUT2D eigenvalue weighted by Crippen LogP contribution is 2.56. The number of hydrogen-bond donors (Lipinski definition) is 8. The Labute approximate surface area is 886 Å². The molecule has 10 fully saturated rings. The average molecular weight is 2190 g/mol. The largest absolute Gasteiger partial charge is 0.462 e. The molecular formula is C96H118Cl7F3N28O4S5. The lowest BCUT2D eigenvalue weighted by molar-refractivity contribution is -0.152. The minimum absolute atomic E-state index is 0.00937. The molecule has 10 aromatic rings. The predicted octanol–water partition coefficient (Wildman–Crippen LogP) is 20.1. The van der Waals surface area contributed by atoms with Crippen LogP contribution in [0.2, 0.25) is 35.4 Å². The molecule has 10 aliphatic rings. The van der Waals surface area contributed by atoms with Gasteiger partial charge in [0, 0.05) is 170 Å². The van der Waals surface area contributed by atoms with Gasteiger partial charge in [-0.05, 0) is 155 Å². The van der Waals surface area contributed by atoms with Gasteiger partial charge in [-0.25, -0.2) is 79.2 Å². The summed E-state index contributed by atoms with van der Waals surface area (Å²) in [5, 5.41) is 4.68. The number of esters is 1. The number of rotatable bonds is 17. The lowest BCUT2D eigenvalue weighted by atomic mass is 9.71. The topological polar surface area (TPSA) is 462 Å². The van der Waals surface area contributed by atoms with Crippen molar-refractivity contribution >= 4 is 210 Å². The summed E-state index contributed by atoms with van der Waals surface area (Å²) in [5.74, 6) is 6.26. The van der Waals surface area contributed by atoms with Gasteiger partial charge in [0.2, 0.25) is 11.9 Å². The fourth-order valence-electron chi connectivity index (χ4n) is 21.1. The molecule has 32 nitrogen and oxygen atoms in total. The first-order valence-electron chi connectivity index (χ1n) is 47.7. The number of nitrogen functional groups attached to an aromatic ring is 6. The molecule has 3 aliphatic carbocycles. The van der Waals surface area contributed by atoms with E-state index in [0.29, 0.717) is 130 Å². The molecule has 0 aromatic carbocycles. The Kier molecular flexibility index (Phi) is 34.8. The first-order chi connectivity index (χ1) is 68.3. The highest BCUT2D eigenvalue weighted by molar-refractivity contribution is 8.00. The molecule has 7 aliphatic heterocycles. The van der Waals surface area contributed by atoms with Crippen LogP contribution in [0.3, 0.4) is 0 Å². The number of carbonyl (C=O) groups excluding carboxylic acids is 1. The van der Waals surface area contributed by atoms with Crippen LogP contribution in [0.5, 0.6) is 0 Å². The zero-order valence-corrected chi connectivity index (χ0v) is 89.5. The van der Waals surface area contributed by atoms with E-state index in [9.17, 15) is 18.0 Å². The van der Waals surface area contributed by atoms with Crippen LogP contribution in [0.4, 0.5) is 77.2 Å². The highest BCUT2D eigenvalue weighted by Gasteiger charge is 2.54. The third-order valence-electron chi connectivity index (χ3n) is 30.1. The third kappa shape index (κ3) is 25.0. The van der Waals surface area contributed by atoms with Crippen molar-refractivity contribution in [2.45, 2.75) is 224 Å². The Morgan fingerprint density at radius 3 is 1.14 bits per heavy atom. The van der Waals surface area contributed by atoms with E-state index in [1.54, 1.807) is 80.8 Å². The summed E-state index contributed by atoms with van der Waals surface area (Å²) < 4.78 is 58.4. The molecule has 10 aromatic heterocycles. The third-order valence-corrected chi connectivity index (χ3v) is 38.6. The molecule has 0 bridgehead atoms. The summed E-state index contributed by atoms with van der Waals surface area (Å²) in [7, 11) is 0. The van der Waals surface area contributed by atoms with Crippen LogP contribution < -0.4 is 70.4 Å². The van der Waals surface area contributed by atoms with Crippen molar-refractivity contribution in [3.8, 4) is 0 Å². The molecule has 143 heavy (non-hydrogen) atoms. The van der Waals surface area contributed by atoms with Gasteiger partial charge in [-0.3, -0.25) is 4.79 Å². The Balaban J connectivity index is 0.000000129. The van der Waals surface area contributed by atoms with E-state index >= 15 is 0 Å². The Morgan fingerprint density at radius 1 is 0.427 bits per heavy atom. The van der Waals surface area contributed by atoms with Crippen molar-refractivity contribution in [3.05, 3.63) is 140 Å². The van der Waals surface area contributed by atoms with E-state index in [0.717, 1.165) is 201 Å². The van der Waals surface area contributed by atoms with Crippen molar-refractivity contribution in [1.29, 1.82) is 0 Å². The van der Waals surface area contributed by atoms with Crippen LogP contribution >= 0.6 is 140 Å². The average Bonchev–Trinajstić information content (AvgIpc) is 1.69. The molecular weight excluding hydrogens is 2070 g/mol. The van der Waals surface area contributed by atoms with Gasteiger partial charge in [0.15, 0.2) is 29.1 Å². The van der Waals surface area contributed by atoms with Gasteiger partial charge in [0.25, 0.3) is 0 Å². The lowest BCUT2D eigenvalue weighted by Crippen LogP contribution is -2.47. The number of nitrogens with zero attached hydrogens (tertiary/aromatic N) is 20. The van der Waals surface area contributed by atoms with Crippen LogP contribution in [0.15, 0.2) is 142 Å². The maximum atomic E-state index is 14.5. The first kappa shape index (κ1) is 108. The van der Waals surface area contributed by atoms with Crippen molar-refractivity contribution in [2.75, 3.05) is 151 Å². The highest BCUT2D eigenvalue weighted by atomic mass is 35.5. The van der Waals surface area contributed by atoms with Crippen LogP contribution in [0, 0.1) is 62.6 Å². The molecule has 20 rings (SSSR count). The maximum absolute atomic E-state index is 14.5. The molecule has 3 saturated carbocycles. The smallest absolute Gasteiger partial charge is 0.308 e. The van der Waals surface area contributed by atoms with Crippen LogP contribution in [0.1, 0.15) is 151 Å². The molecule has 5 spiro atoms. The Hall–Kier alpha value is -8.17.